The molecule has 2 amide bonds. The van der Waals surface area contributed by atoms with Crippen LogP contribution in [0.15, 0.2) is 36.5 Å². The largest absolute Gasteiger partial charge is 0.477 e. The van der Waals surface area contributed by atoms with Gasteiger partial charge in [-0.3, -0.25) is 14.6 Å². The van der Waals surface area contributed by atoms with Crippen molar-refractivity contribution in [1.82, 2.24) is 14.8 Å². The van der Waals surface area contributed by atoms with E-state index in [2.05, 4.69) is 20.7 Å². The quantitative estimate of drug-likeness (QED) is 0.412. The monoisotopic (exact) mass is 470 g/mol. The number of aromatic nitrogens is 3. The van der Waals surface area contributed by atoms with Gasteiger partial charge in [0.05, 0.1) is 29.7 Å². The third kappa shape index (κ3) is 5.47. The van der Waals surface area contributed by atoms with E-state index >= 15 is 0 Å². The number of benzene rings is 1. The van der Waals surface area contributed by atoms with Crippen molar-refractivity contribution in [2.24, 2.45) is 0 Å². The molecule has 0 aliphatic heterocycles. The minimum Gasteiger partial charge on any atom is -0.477 e. The van der Waals surface area contributed by atoms with Crippen molar-refractivity contribution in [2.45, 2.75) is 33.2 Å². The van der Waals surface area contributed by atoms with Crippen LogP contribution in [0.25, 0.3) is 0 Å². The Kier molecular flexibility index (Phi) is 6.98. The van der Waals surface area contributed by atoms with Gasteiger partial charge in [0.25, 0.3) is 5.91 Å². The minimum atomic E-state index is -1.36. The van der Waals surface area contributed by atoms with E-state index < -0.39 is 11.9 Å². The third-order valence-electron chi connectivity index (χ3n) is 4.76. The number of nitrogens with two attached hydrogens (primary N) is 1. The van der Waals surface area contributed by atoms with E-state index in [0.717, 1.165) is 5.56 Å². The SMILES string of the molecule is Cc1ncc(NC(=O)Cc2ccc(Cl)cc2)cc1NC(=O)c1nn(C(C)C)c(N)c1C(=O)O. The Hall–Kier alpha value is -3.92. The van der Waals surface area contributed by atoms with Crippen LogP contribution in [-0.4, -0.2) is 37.7 Å². The van der Waals surface area contributed by atoms with Crippen LogP contribution in [0.2, 0.25) is 5.02 Å². The number of nitrogens with one attached hydrogen (secondary N) is 2. The topological polar surface area (TPSA) is 152 Å². The number of aromatic carboxylic acids is 1. The van der Waals surface area contributed by atoms with Crippen LogP contribution < -0.4 is 16.4 Å². The first-order chi connectivity index (χ1) is 15.6. The van der Waals surface area contributed by atoms with Gasteiger partial charge in [0.2, 0.25) is 5.91 Å². The van der Waals surface area contributed by atoms with E-state index in [1.807, 2.05) is 0 Å². The Balaban J connectivity index is 1.79. The number of carbonyl (C=O) groups excluding carboxylic acids is 2. The number of halogens is 1. The van der Waals surface area contributed by atoms with E-state index in [1.165, 1.54) is 16.9 Å². The number of nitrogen functional groups attached to an aromatic ring is 1. The van der Waals surface area contributed by atoms with Gasteiger partial charge in [-0.2, -0.15) is 5.10 Å². The summed E-state index contributed by atoms with van der Waals surface area (Å²) in [6, 6.07) is 8.19. The Labute approximate surface area is 194 Å². The molecule has 3 aromatic rings. The highest BCUT2D eigenvalue weighted by atomic mass is 35.5. The fourth-order valence-electron chi connectivity index (χ4n) is 3.11. The summed E-state index contributed by atoms with van der Waals surface area (Å²) in [5.74, 6) is -2.51. The van der Waals surface area contributed by atoms with E-state index in [4.69, 9.17) is 17.3 Å². The Morgan fingerprint density at radius 2 is 1.85 bits per heavy atom. The lowest BCUT2D eigenvalue weighted by Crippen LogP contribution is -2.19. The molecule has 0 spiro atoms. The summed E-state index contributed by atoms with van der Waals surface area (Å²) in [6.07, 6.45) is 1.58. The smallest absolute Gasteiger partial charge is 0.341 e. The number of rotatable bonds is 7. The number of anilines is 3. The second-order valence-corrected chi connectivity index (χ2v) is 8.05. The van der Waals surface area contributed by atoms with E-state index in [9.17, 15) is 19.5 Å². The fraction of sp³-hybridized carbons (Fsp3) is 0.227. The predicted molar refractivity (Wildman–Crippen MR) is 125 cm³/mol. The Morgan fingerprint density at radius 3 is 2.45 bits per heavy atom. The molecule has 0 fully saturated rings. The average molecular weight is 471 g/mol. The maximum atomic E-state index is 12.9. The van der Waals surface area contributed by atoms with Crippen molar-refractivity contribution in [3.8, 4) is 0 Å². The third-order valence-corrected chi connectivity index (χ3v) is 5.01. The summed E-state index contributed by atoms with van der Waals surface area (Å²) in [5, 5.41) is 19.5. The predicted octanol–water partition coefficient (Wildman–Crippen LogP) is 3.53. The van der Waals surface area contributed by atoms with Gasteiger partial charge >= 0.3 is 5.97 Å². The molecule has 3 rings (SSSR count). The van der Waals surface area contributed by atoms with Crippen LogP contribution in [0.4, 0.5) is 17.2 Å². The van der Waals surface area contributed by atoms with Gasteiger partial charge in [-0.1, -0.05) is 23.7 Å². The summed E-state index contributed by atoms with van der Waals surface area (Å²) >= 11 is 5.86. The van der Waals surface area contributed by atoms with Gasteiger partial charge in [-0.15, -0.1) is 0 Å². The molecule has 1 aromatic carbocycles. The van der Waals surface area contributed by atoms with Gasteiger partial charge in [0.1, 0.15) is 11.4 Å². The summed E-state index contributed by atoms with van der Waals surface area (Å²) in [7, 11) is 0. The van der Waals surface area contributed by atoms with Gasteiger partial charge in [0.15, 0.2) is 5.69 Å². The van der Waals surface area contributed by atoms with Crippen LogP contribution in [0, 0.1) is 6.92 Å². The van der Waals surface area contributed by atoms with E-state index in [-0.39, 0.29) is 35.4 Å². The molecule has 0 aliphatic rings. The lowest BCUT2D eigenvalue weighted by Gasteiger charge is -2.11. The van der Waals surface area contributed by atoms with Crippen molar-refractivity contribution in [3.63, 3.8) is 0 Å². The van der Waals surface area contributed by atoms with Gasteiger partial charge in [-0.05, 0) is 44.5 Å². The number of hydrogen-bond donors (Lipinski definition) is 4. The Bertz CT molecular complexity index is 1220. The number of amides is 2. The standard InChI is InChI=1S/C22H23ClN6O4/c1-11(2)29-20(24)18(22(32)33)19(28-29)21(31)27-16-9-15(10-25-12(16)3)26-17(30)8-13-4-6-14(23)7-5-13/h4-7,9-11H,8,24H2,1-3H3,(H,26,30)(H,27,31)(H,32,33). The number of aryl methyl sites for hydroxylation is 1. The van der Waals surface area contributed by atoms with Crippen molar-refractivity contribution in [2.75, 3.05) is 16.4 Å². The Morgan fingerprint density at radius 1 is 1.18 bits per heavy atom. The molecule has 0 radical (unpaired) electrons. The first kappa shape index (κ1) is 23.7. The molecule has 0 atom stereocenters. The van der Waals surface area contributed by atoms with Crippen LogP contribution in [-0.2, 0) is 11.2 Å². The number of carboxylic acid groups (broad SMARTS) is 1. The normalized spacial score (nSPS) is 10.8. The molecule has 0 bridgehead atoms. The average Bonchev–Trinajstić information content (AvgIpc) is 3.10. The molecule has 2 aromatic heterocycles. The van der Waals surface area contributed by atoms with Gasteiger partial charge in [-0.25, -0.2) is 9.48 Å². The molecule has 10 nitrogen and oxygen atoms in total. The molecule has 11 heteroatoms. The van der Waals surface area contributed by atoms with E-state index in [0.29, 0.717) is 22.1 Å². The molecule has 33 heavy (non-hydrogen) atoms. The maximum absolute atomic E-state index is 12.9. The van der Waals surface area contributed by atoms with Crippen molar-refractivity contribution >= 4 is 46.6 Å². The van der Waals surface area contributed by atoms with E-state index in [1.54, 1.807) is 45.0 Å². The molecular formula is C22H23ClN6O4. The first-order valence-corrected chi connectivity index (χ1v) is 10.4. The number of carbonyl (C=O) groups is 3. The first-order valence-electron chi connectivity index (χ1n) is 10.0. The lowest BCUT2D eigenvalue weighted by atomic mass is 10.1. The highest BCUT2D eigenvalue weighted by molar-refractivity contribution is 6.30. The summed E-state index contributed by atoms with van der Waals surface area (Å²) in [4.78, 5) is 41.1. The molecule has 0 saturated heterocycles. The maximum Gasteiger partial charge on any atom is 0.341 e. The highest BCUT2D eigenvalue weighted by Crippen LogP contribution is 2.24. The summed E-state index contributed by atoms with van der Waals surface area (Å²) < 4.78 is 1.27. The van der Waals surface area contributed by atoms with Crippen LogP contribution in [0.3, 0.4) is 0 Å². The zero-order valence-corrected chi connectivity index (χ0v) is 19.0. The molecule has 0 aliphatic carbocycles. The fourth-order valence-corrected chi connectivity index (χ4v) is 3.24. The molecule has 5 N–H and O–H groups in total. The van der Waals surface area contributed by atoms with Crippen molar-refractivity contribution in [3.05, 3.63) is 64.1 Å². The van der Waals surface area contributed by atoms with Gasteiger partial charge < -0.3 is 21.5 Å². The molecule has 172 valence electrons. The minimum absolute atomic E-state index is 0.110. The van der Waals surface area contributed by atoms with Crippen LogP contribution >= 0.6 is 11.6 Å². The second kappa shape index (κ2) is 9.70. The second-order valence-electron chi connectivity index (χ2n) is 7.61. The lowest BCUT2D eigenvalue weighted by molar-refractivity contribution is -0.115. The summed E-state index contributed by atoms with van der Waals surface area (Å²) in [5.41, 5.74) is 7.10. The number of pyridine rings is 1. The van der Waals surface area contributed by atoms with Gasteiger partial charge in [0, 0.05) is 11.1 Å². The molecular weight excluding hydrogens is 448 g/mol. The van der Waals surface area contributed by atoms with Crippen molar-refractivity contribution < 1.29 is 19.5 Å². The number of nitrogens with zero attached hydrogens (tertiary/aromatic N) is 3. The van der Waals surface area contributed by atoms with Crippen LogP contribution in [0.5, 0.6) is 0 Å². The van der Waals surface area contributed by atoms with Crippen LogP contribution in [0.1, 0.15) is 52.0 Å². The highest BCUT2D eigenvalue weighted by Gasteiger charge is 2.27. The zero-order chi connectivity index (χ0) is 24.3. The van der Waals surface area contributed by atoms with Crippen molar-refractivity contribution in [1.29, 1.82) is 0 Å². The number of carboxylic acids is 1. The molecule has 0 saturated carbocycles. The molecule has 2 heterocycles. The zero-order valence-electron chi connectivity index (χ0n) is 18.2. The number of hydrogen-bond acceptors (Lipinski definition) is 6. The summed E-state index contributed by atoms with van der Waals surface area (Å²) in [6.45, 7) is 5.19. The molecule has 0 unspecified atom stereocenters.